The largest absolute Gasteiger partial charge is 0.493 e. The maximum absolute atomic E-state index is 11.9. The van der Waals surface area contributed by atoms with Crippen LogP contribution < -0.4 is 19.5 Å². The van der Waals surface area contributed by atoms with Crippen LogP contribution in [-0.4, -0.2) is 40.2 Å². The summed E-state index contributed by atoms with van der Waals surface area (Å²) in [6.07, 6.45) is 0. The minimum atomic E-state index is -0.0175. The van der Waals surface area contributed by atoms with Gasteiger partial charge in [-0.3, -0.25) is 4.79 Å². The van der Waals surface area contributed by atoms with E-state index in [9.17, 15) is 4.79 Å². The van der Waals surface area contributed by atoms with E-state index in [-0.39, 0.29) is 12.3 Å². The van der Waals surface area contributed by atoms with Crippen molar-refractivity contribution >= 4 is 5.78 Å². The molecule has 5 nitrogen and oxygen atoms in total. The summed E-state index contributed by atoms with van der Waals surface area (Å²) < 4.78 is 15.6. The maximum Gasteiger partial charge on any atom is 0.203 e. The highest BCUT2D eigenvalue weighted by Gasteiger charge is 2.16. The highest BCUT2D eigenvalue weighted by atomic mass is 16.5. The van der Waals surface area contributed by atoms with Crippen molar-refractivity contribution in [1.82, 2.24) is 5.32 Å². The number of rotatable bonds is 7. The summed E-state index contributed by atoms with van der Waals surface area (Å²) in [6.45, 7) is 2.98. The van der Waals surface area contributed by atoms with Gasteiger partial charge in [0.25, 0.3) is 0 Å². The standard InChI is InChI=1S/C13H19NO4/c1-5-14-8-10(15)9-6-11(16-2)13(18-4)12(7-9)17-3/h6-7,14H,5,8H2,1-4H3. The van der Waals surface area contributed by atoms with Gasteiger partial charge < -0.3 is 19.5 Å². The summed E-state index contributed by atoms with van der Waals surface area (Å²) in [4.78, 5) is 11.9. The van der Waals surface area contributed by atoms with Crippen LogP contribution in [0.25, 0.3) is 0 Å². The molecule has 1 aromatic rings. The third-order valence-electron chi connectivity index (χ3n) is 2.52. The molecule has 0 aromatic heterocycles. The van der Waals surface area contributed by atoms with Crippen molar-refractivity contribution in [1.29, 1.82) is 0 Å². The Hall–Kier alpha value is -1.75. The Morgan fingerprint density at radius 1 is 1.11 bits per heavy atom. The van der Waals surface area contributed by atoms with Crippen molar-refractivity contribution in [2.75, 3.05) is 34.4 Å². The van der Waals surface area contributed by atoms with E-state index < -0.39 is 0 Å². The molecule has 0 spiro atoms. The van der Waals surface area contributed by atoms with E-state index in [2.05, 4.69) is 5.32 Å². The molecule has 0 bridgehead atoms. The van der Waals surface area contributed by atoms with Crippen LogP contribution in [0.15, 0.2) is 12.1 Å². The molecule has 18 heavy (non-hydrogen) atoms. The zero-order chi connectivity index (χ0) is 13.5. The average molecular weight is 253 g/mol. The fraction of sp³-hybridized carbons (Fsp3) is 0.462. The van der Waals surface area contributed by atoms with Crippen LogP contribution in [0.4, 0.5) is 0 Å². The Balaban J connectivity index is 3.10. The first-order valence-electron chi connectivity index (χ1n) is 5.71. The Morgan fingerprint density at radius 2 is 1.67 bits per heavy atom. The Morgan fingerprint density at radius 3 is 2.06 bits per heavy atom. The second kappa shape index (κ2) is 6.86. The van der Waals surface area contributed by atoms with Crippen molar-refractivity contribution < 1.29 is 19.0 Å². The molecule has 5 heteroatoms. The number of carbonyl (C=O) groups is 1. The molecule has 0 saturated carbocycles. The number of methoxy groups -OCH3 is 3. The zero-order valence-corrected chi connectivity index (χ0v) is 11.2. The molecular weight excluding hydrogens is 234 g/mol. The molecule has 1 N–H and O–H groups in total. The number of hydrogen-bond donors (Lipinski definition) is 1. The van der Waals surface area contributed by atoms with Gasteiger partial charge in [-0.1, -0.05) is 6.92 Å². The van der Waals surface area contributed by atoms with Crippen molar-refractivity contribution in [3.63, 3.8) is 0 Å². The van der Waals surface area contributed by atoms with Gasteiger partial charge in [0.1, 0.15) is 0 Å². The number of ketones is 1. The van der Waals surface area contributed by atoms with Crippen molar-refractivity contribution in [2.24, 2.45) is 0 Å². The Labute approximate surface area is 107 Å². The van der Waals surface area contributed by atoms with Crippen LogP contribution in [0, 0.1) is 0 Å². The molecule has 0 atom stereocenters. The summed E-state index contributed by atoms with van der Waals surface area (Å²) in [7, 11) is 4.58. The lowest BCUT2D eigenvalue weighted by molar-refractivity contribution is 0.0991. The predicted octanol–water partition coefficient (Wildman–Crippen LogP) is 1.50. The number of Topliss-reactive ketones (excluding diaryl/α,β-unsaturated/α-hetero) is 1. The first kappa shape index (κ1) is 14.3. The van der Waals surface area contributed by atoms with Crippen LogP contribution in [0.5, 0.6) is 17.2 Å². The van der Waals surface area contributed by atoms with Crippen LogP contribution in [0.3, 0.4) is 0 Å². The van der Waals surface area contributed by atoms with Crippen molar-refractivity contribution in [3.8, 4) is 17.2 Å². The summed E-state index contributed by atoms with van der Waals surface area (Å²) in [5, 5.41) is 2.99. The highest BCUT2D eigenvalue weighted by molar-refractivity contribution is 5.98. The van der Waals surface area contributed by atoms with E-state index in [4.69, 9.17) is 14.2 Å². The molecule has 0 aliphatic heterocycles. The van der Waals surface area contributed by atoms with Gasteiger partial charge in [0.05, 0.1) is 27.9 Å². The average Bonchev–Trinajstić information content (AvgIpc) is 2.42. The molecule has 0 amide bonds. The molecule has 0 saturated heterocycles. The van der Waals surface area contributed by atoms with Crippen LogP contribution >= 0.6 is 0 Å². The normalized spacial score (nSPS) is 10.0. The minimum absolute atomic E-state index is 0.0175. The second-order valence-electron chi connectivity index (χ2n) is 3.62. The smallest absolute Gasteiger partial charge is 0.203 e. The topological polar surface area (TPSA) is 56.8 Å². The zero-order valence-electron chi connectivity index (χ0n) is 11.2. The quantitative estimate of drug-likeness (QED) is 0.746. The second-order valence-corrected chi connectivity index (χ2v) is 3.62. The van der Waals surface area contributed by atoms with Crippen molar-refractivity contribution in [2.45, 2.75) is 6.92 Å². The van der Waals surface area contributed by atoms with Gasteiger partial charge in [-0.25, -0.2) is 0 Å². The monoisotopic (exact) mass is 253 g/mol. The lowest BCUT2D eigenvalue weighted by Crippen LogP contribution is -2.22. The third kappa shape index (κ3) is 3.13. The number of ether oxygens (including phenoxy) is 3. The van der Waals surface area contributed by atoms with E-state index in [1.165, 1.54) is 21.3 Å². The molecule has 1 aromatic carbocycles. The fourth-order valence-corrected chi connectivity index (χ4v) is 1.58. The summed E-state index contributed by atoms with van der Waals surface area (Å²) in [6, 6.07) is 3.31. The van der Waals surface area contributed by atoms with Gasteiger partial charge >= 0.3 is 0 Å². The van der Waals surface area contributed by atoms with Crippen molar-refractivity contribution in [3.05, 3.63) is 17.7 Å². The molecule has 0 aliphatic carbocycles. The Bertz CT molecular complexity index is 392. The van der Waals surface area contributed by atoms with Gasteiger partial charge in [0, 0.05) is 5.56 Å². The number of likely N-dealkylation sites (N-methyl/N-ethyl adjacent to an activating group) is 1. The summed E-state index contributed by atoms with van der Waals surface area (Å²) >= 11 is 0. The van der Waals surface area contributed by atoms with Crippen LogP contribution in [0.1, 0.15) is 17.3 Å². The molecular formula is C13H19NO4. The molecule has 0 radical (unpaired) electrons. The molecule has 1 rings (SSSR count). The van der Waals surface area contributed by atoms with E-state index in [1.807, 2.05) is 6.92 Å². The SMILES string of the molecule is CCNCC(=O)c1cc(OC)c(OC)c(OC)c1. The van der Waals surface area contributed by atoms with E-state index in [0.717, 1.165) is 6.54 Å². The lowest BCUT2D eigenvalue weighted by Gasteiger charge is -2.13. The van der Waals surface area contributed by atoms with Gasteiger partial charge in [0.15, 0.2) is 17.3 Å². The number of carbonyl (C=O) groups excluding carboxylic acids is 1. The minimum Gasteiger partial charge on any atom is -0.493 e. The Kier molecular flexibility index (Phi) is 5.45. The van der Waals surface area contributed by atoms with Crippen LogP contribution in [-0.2, 0) is 0 Å². The number of benzene rings is 1. The molecule has 100 valence electrons. The molecule has 0 aliphatic rings. The molecule has 0 unspecified atom stereocenters. The first-order chi connectivity index (χ1) is 8.67. The fourth-order valence-electron chi connectivity index (χ4n) is 1.58. The number of hydrogen-bond acceptors (Lipinski definition) is 5. The van der Waals surface area contributed by atoms with E-state index in [0.29, 0.717) is 22.8 Å². The lowest BCUT2D eigenvalue weighted by atomic mass is 10.1. The first-order valence-corrected chi connectivity index (χ1v) is 5.71. The summed E-state index contributed by atoms with van der Waals surface area (Å²) in [5.41, 5.74) is 0.533. The summed E-state index contributed by atoms with van der Waals surface area (Å²) in [5.74, 6) is 1.43. The molecule has 0 heterocycles. The van der Waals surface area contributed by atoms with Gasteiger partial charge in [-0.15, -0.1) is 0 Å². The third-order valence-corrected chi connectivity index (χ3v) is 2.52. The van der Waals surface area contributed by atoms with Crippen LogP contribution in [0.2, 0.25) is 0 Å². The maximum atomic E-state index is 11.9. The predicted molar refractivity (Wildman–Crippen MR) is 69.0 cm³/mol. The van der Waals surface area contributed by atoms with Gasteiger partial charge in [-0.05, 0) is 18.7 Å². The number of nitrogens with one attached hydrogen (secondary N) is 1. The van der Waals surface area contributed by atoms with Gasteiger partial charge in [-0.2, -0.15) is 0 Å². The highest BCUT2D eigenvalue weighted by Crippen LogP contribution is 2.38. The molecule has 0 fully saturated rings. The van der Waals surface area contributed by atoms with E-state index in [1.54, 1.807) is 12.1 Å². The van der Waals surface area contributed by atoms with E-state index >= 15 is 0 Å². The van der Waals surface area contributed by atoms with Gasteiger partial charge in [0.2, 0.25) is 5.75 Å².